The zero-order valence-electron chi connectivity index (χ0n) is 13.1. The van der Waals surface area contributed by atoms with Crippen molar-refractivity contribution in [2.24, 2.45) is 5.41 Å². The highest BCUT2D eigenvalue weighted by Crippen LogP contribution is 2.35. The molecule has 1 aliphatic carbocycles. The molecule has 0 aromatic heterocycles. The SMILES string of the molecule is CCN(C(=O)NC1CCCCC1(C)C)C(C)CC(=O)O. The van der Waals surface area contributed by atoms with Crippen molar-refractivity contribution < 1.29 is 14.7 Å². The molecule has 0 radical (unpaired) electrons. The Morgan fingerprint density at radius 2 is 2.05 bits per heavy atom. The van der Waals surface area contributed by atoms with Crippen molar-refractivity contribution in [2.45, 2.75) is 71.9 Å². The molecule has 1 aliphatic rings. The molecule has 0 aliphatic heterocycles. The molecule has 2 atom stereocenters. The van der Waals surface area contributed by atoms with Gasteiger partial charge in [-0.2, -0.15) is 0 Å². The number of carboxylic acid groups (broad SMARTS) is 1. The lowest BCUT2D eigenvalue weighted by atomic mass is 9.73. The molecular formula is C15H28N2O3. The van der Waals surface area contributed by atoms with Gasteiger partial charge < -0.3 is 15.3 Å². The van der Waals surface area contributed by atoms with Crippen LogP contribution in [0.25, 0.3) is 0 Å². The monoisotopic (exact) mass is 284 g/mol. The molecule has 0 saturated heterocycles. The maximum atomic E-state index is 12.4. The van der Waals surface area contributed by atoms with Crippen LogP contribution in [0.1, 0.15) is 59.8 Å². The molecule has 1 fully saturated rings. The van der Waals surface area contributed by atoms with Gasteiger partial charge in [0.15, 0.2) is 0 Å². The topological polar surface area (TPSA) is 69.6 Å². The Hall–Kier alpha value is -1.26. The summed E-state index contributed by atoms with van der Waals surface area (Å²) in [5, 5.41) is 12.0. The van der Waals surface area contributed by atoms with Gasteiger partial charge in [0.1, 0.15) is 0 Å². The molecule has 0 spiro atoms. The molecule has 5 nitrogen and oxygen atoms in total. The van der Waals surface area contributed by atoms with Gasteiger partial charge in [0.25, 0.3) is 0 Å². The summed E-state index contributed by atoms with van der Waals surface area (Å²) in [6.07, 6.45) is 4.46. The number of hydrogen-bond donors (Lipinski definition) is 2. The minimum Gasteiger partial charge on any atom is -0.481 e. The third kappa shape index (κ3) is 4.39. The summed E-state index contributed by atoms with van der Waals surface area (Å²) in [5.74, 6) is -0.873. The van der Waals surface area contributed by atoms with E-state index in [1.54, 1.807) is 11.8 Å². The fraction of sp³-hybridized carbons (Fsp3) is 0.867. The molecule has 0 bridgehead atoms. The Labute approximate surface area is 121 Å². The first-order chi connectivity index (χ1) is 9.27. The van der Waals surface area contributed by atoms with Gasteiger partial charge in [-0.05, 0) is 32.1 Å². The molecule has 0 aromatic rings. The van der Waals surface area contributed by atoms with Crippen molar-refractivity contribution in [1.82, 2.24) is 10.2 Å². The molecule has 116 valence electrons. The van der Waals surface area contributed by atoms with E-state index in [0.717, 1.165) is 19.3 Å². The number of nitrogens with one attached hydrogen (secondary N) is 1. The standard InChI is InChI=1S/C15H28N2O3/c1-5-17(11(2)10-13(18)19)14(20)16-12-8-6-7-9-15(12,3)4/h11-12H,5-10H2,1-4H3,(H,16,20)(H,18,19). The first-order valence-corrected chi connectivity index (χ1v) is 7.57. The number of carbonyl (C=O) groups excluding carboxylic acids is 1. The lowest BCUT2D eigenvalue weighted by molar-refractivity contribution is -0.138. The number of nitrogens with zero attached hydrogens (tertiary/aromatic N) is 1. The number of carboxylic acids is 1. The summed E-state index contributed by atoms with van der Waals surface area (Å²) >= 11 is 0. The van der Waals surface area contributed by atoms with Crippen LogP contribution in [0.3, 0.4) is 0 Å². The third-order valence-corrected chi connectivity index (χ3v) is 4.41. The summed E-state index contributed by atoms with van der Waals surface area (Å²) < 4.78 is 0. The lowest BCUT2D eigenvalue weighted by Crippen LogP contribution is -2.53. The second kappa shape index (κ2) is 6.95. The van der Waals surface area contributed by atoms with E-state index in [0.29, 0.717) is 6.54 Å². The average molecular weight is 284 g/mol. The van der Waals surface area contributed by atoms with E-state index in [9.17, 15) is 9.59 Å². The third-order valence-electron chi connectivity index (χ3n) is 4.41. The summed E-state index contributed by atoms with van der Waals surface area (Å²) in [7, 11) is 0. The second-order valence-electron chi connectivity index (χ2n) is 6.47. The zero-order valence-corrected chi connectivity index (χ0v) is 13.1. The van der Waals surface area contributed by atoms with Gasteiger partial charge in [0.2, 0.25) is 0 Å². The largest absolute Gasteiger partial charge is 0.481 e. The molecule has 1 rings (SSSR count). The summed E-state index contributed by atoms with van der Waals surface area (Å²) in [5.41, 5.74) is 0.114. The van der Waals surface area contributed by atoms with Crippen LogP contribution in [0, 0.1) is 5.41 Å². The maximum absolute atomic E-state index is 12.4. The van der Waals surface area contributed by atoms with E-state index in [1.165, 1.54) is 6.42 Å². The Balaban J connectivity index is 2.64. The van der Waals surface area contributed by atoms with Gasteiger partial charge in [0, 0.05) is 18.6 Å². The normalized spacial score (nSPS) is 22.9. The van der Waals surface area contributed by atoms with Crippen molar-refractivity contribution >= 4 is 12.0 Å². The van der Waals surface area contributed by atoms with Crippen LogP contribution < -0.4 is 5.32 Å². The highest BCUT2D eigenvalue weighted by molar-refractivity contribution is 5.76. The maximum Gasteiger partial charge on any atom is 0.317 e. The van der Waals surface area contributed by atoms with E-state index in [1.807, 2.05) is 6.92 Å². The van der Waals surface area contributed by atoms with Crippen LogP contribution in [-0.4, -0.2) is 40.6 Å². The van der Waals surface area contributed by atoms with Gasteiger partial charge in [-0.25, -0.2) is 4.79 Å². The fourth-order valence-corrected chi connectivity index (χ4v) is 3.01. The van der Waals surface area contributed by atoms with E-state index in [4.69, 9.17) is 5.11 Å². The van der Waals surface area contributed by atoms with Crippen LogP contribution in [0.4, 0.5) is 4.79 Å². The number of rotatable bonds is 5. The van der Waals surface area contributed by atoms with Crippen molar-refractivity contribution in [2.75, 3.05) is 6.54 Å². The number of amides is 2. The molecule has 2 unspecified atom stereocenters. The van der Waals surface area contributed by atoms with Crippen LogP contribution in [0.15, 0.2) is 0 Å². The van der Waals surface area contributed by atoms with Crippen LogP contribution in [-0.2, 0) is 4.79 Å². The van der Waals surface area contributed by atoms with Crippen molar-refractivity contribution in [3.05, 3.63) is 0 Å². The van der Waals surface area contributed by atoms with Gasteiger partial charge in [-0.1, -0.05) is 26.7 Å². The second-order valence-corrected chi connectivity index (χ2v) is 6.47. The molecule has 0 aromatic carbocycles. The number of hydrogen-bond acceptors (Lipinski definition) is 2. The molecule has 1 saturated carbocycles. The van der Waals surface area contributed by atoms with E-state index in [-0.39, 0.29) is 30.0 Å². The van der Waals surface area contributed by atoms with Crippen molar-refractivity contribution in [1.29, 1.82) is 0 Å². The minimum absolute atomic E-state index is 0.0185. The van der Waals surface area contributed by atoms with E-state index >= 15 is 0 Å². The van der Waals surface area contributed by atoms with Gasteiger partial charge in [0.05, 0.1) is 6.42 Å². The number of aliphatic carboxylic acids is 1. The first-order valence-electron chi connectivity index (χ1n) is 7.57. The Morgan fingerprint density at radius 1 is 1.40 bits per heavy atom. The van der Waals surface area contributed by atoms with Gasteiger partial charge in [-0.3, -0.25) is 4.79 Å². The number of carbonyl (C=O) groups is 2. The predicted molar refractivity (Wildman–Crippen MR) is 78.7 cm³/mol. The van der Waals surface area contributed by atoms with Gasteiger partial charge >= 0.3 is 12.0 Å². The Bertz CT molecular complexity index is 355. The molecule has 2 amide bonds. The minimum atomic E-state index is -0.873. The summed E-state index contributed by atoms with van der Waals surface area (Å²) in [4.78, 5) is 24.8. The molecule has 20 heavy (non-hydrogen) atoms. The van der Waals surface area contributed by atoms with Crippen molar-refractivity contribution in [3.8, 4) is 0 Å². The first kappa shape index (κ1) is 16.8. The highest BCUT2D eigenvalue weighted by Gasteiger charge is 2.34. The molecule has 2 N–H and O–H groups in total. The zero-order chi connectivity index (χ0) is 15.3. The lowest BCUT2D eigenvalue weighted by Gasteiger charge is -2.40. The van der Waals surface area contributed by atoms with E-state index in [2.05, 4.69) is 19.2 Å². The summed E-state index contributed by atoms with van der Waals surface area (Å²) in [6.45, 7) is 8.56. The van der Waals surface area contributed by atoms with Crippen molar-refractivity contribution in [3.63, 3.8) is 0 Å². The van der Waals surface area contributed by atoms with Crippen LogP contribution >= 0.6 is 0 Å². The summed E-state index contributed by atoms with van der Waals surface area (Å²) in [6, 6.07) is -0.250. The average Bonchev–Trinajstić information content (AvgIpc) is 2.31. The molecular weight excluding hydrogens is 256 g/mol. The molecule has 5 heteroatoms. The van der Waals surface area contributed by atoms with Crippen LogP contribution in [0.2, 0.25) is 0 Å². The number of urea groups is 1. The van der Waals surface area contributed by atoms with E-state index < -0.39 is 5.97 Å². The van der Waals surface area contributed by atoms with Gasteiger partial charge in [-0.15, -0.1) is 0 Å². The molecule has 0 heterocycles. The Morgan fingerprint density at radius 3 is 2.55 bits per heavy atom. The predicted octanol–water partition coefficient (Wildman–Crippen LogP) is 2.85. The fourth-order valence-electron chi connectivity index (χ4n) is 3.01. The van der Waals surface area contributed by atoms with Crippen LogP contribution in [0.5, 0.6) is 0 Å². The highest BCUT2D eigenvalue weighted by atomic mass is 16.4. The Kier molecular flexibility index (Phi) is 5.84. The smallest absolute Gasteiger partial charge is 0.317 e. The quantitative estimate of drug-likeness (QED) is 0.815.